The van der Waals surface area contributed by atoms with Crippen molar-refractivity contribution in [1.29, 1.82) is 0 Å². The maximum Gasteiger partial charge on any atom is 0.293 e. The Kier molecular flexibility index (Phi) is 6.51. The summed E-state index contributed by atoms with van der Waals surface area (Å²) < 4.78 is 13.7. The fraction of sp³-hybridized carbons (Fsp3) is 0.294. The van der Waals surface area contributed by atoms with E-state index in [9.17, 15) is 23.6 Å². The topological polar surface area (TPSA) is 95.6 Å². The second-order valence-corrected chi connectivity index (χ2v) is 6.56. The number of nitrogens with one attached hydrogen (secondary N) is 2. The van der Waals surface area contributed by atoms with Crippen molar-refractivity contribution >= 4 is 40.8 Å². The molecular weight excluding hydrogens is 361 g/mol. The van der Waals surface area contributed by atoms with Crippen molar-refractivity contribution in [2.45, 2.75) is 19.9 Å². The molecule has 0 spiro atoms. The van der Waals surface area contributed by atoms with Crippen LogP contribution in [0.1, 0.15) is 19.4 Å². The zero-order chi connectivity index (χ0) is 19.3. The van der Waals surface area contributed by atoms with Gasteiger partial charge >= 0.3 is 0 Å². The van der Waals surface area contributed by atoms with Crippen LogP contribution in [0.3, 0.4) is 0 Å². The van der Waals surface area contributed by atoms with E-state index in [2.05, 4.69) is 10.6 Å². The standard InChI is InChI=1S/C17H18FN3O4S/c1-10(20-11(2)22)15(23)19-7-8-21-16(24)14(26-17(21)25)9-12-5-3-4-6-13(12)18/h3-6,9-10H,7-8H2,1-2H3,(H,19,23)(H,20,22)/b14-9-. The van der Waals surface area contributed by atoms with Gasteiger partial charge in [-0.15, -0.1) is 0 Å². The fourth-order valence-corrected chi connectivity index (χ4v) is 3.10. The molecule has 0 aromatic heterocycles. The minimum absolute atomic E-state index is 0.0161. The summed E-state index contributed by atoms with van der Waals surface area (Å²) in [6, 6.07) is 5.21. The van der Waals surface area contributed by atoms with Crippen molar-refractivity contribution in [3.05, 3.63) is 40.6 Å². The van der Waals surface area contributed by atoms with Crippen LogP contribution in [0.4, 0.5) is 9.18 Å². The van der Waals surface area contributed by atoms with E-state index in [0.717, 1.165) is 16.7 Å². The summed E-state index contributed by atoms with van der Waals surface area (Å²) in [5.74, 6) is -1.78. The monoisotopic (exact) mass is 379 g/mol. The number of benzene rings is 1. The molecule has 0 radical (unpaired) electrons. The van der Waals surface area contributed by atoms with Gasteiger partial charge < -0.3 is 10.6 Å². The molecule has 1 aliphatic heterocycles. The van der Waals surface area contributed by atoms with Gasteiger partial charge in [-0.05, 0) is 30.8 Å². The minimum Gasteiger partial charge on any atom is -0.353 e. The molecule has 1 saturated heterocycles. The second kappa shape index (κ2) is 8.61. The molecule has 1 aromatic carbocycles. The van der Waals surface area contributed by atoms with Crippen molar-refractivity contribution in [2.24, 2.45) is 0 Å². The zero-order valence-electron chi connectivity index (χ0n) is 14.2. The smallest absolute Gasteiger partial charge is 0.293 e. The predicted octanol–water partition coefficient (Wildman–Crippen LogP) is 1.50. The highest BCUT2D eigenvalue weighted by atomic mass is 32.2. The number of halogens is 1. The second-order valence-electron chi connectivity index (χ2n) is 5.57. The quantitative estimate of drug-likeness (QED) is 0.731. The van der Waals surface area contributed by atoms with Crippen molar-refractivity contribution < 1.29 is 23.6 Å². The molecule has 26 heavy (non-hydrogen) atoms. The van der Waals surface area contributed by atoms with Gasteiger partial charge in [-0.1, -0.05) is 18.2 Å². The summed E-state index contributed by atoms with van der Waals surface area (Å²) in [6.45, 7) is 2.85. The molecule has 1 fully saturated rings. The molecule has 9 heteroatoms. The van der Waals surface area contributed by atoms with Gasteiger partial charge in [0.1, 0.15) is 11.9 Å². The SMILES string of the molecule is CC(=O)NC(C)C(=O)NCCN1C(=O)S/C(=C\c2ccccc2F)C1=O. The summed E-state index contributed by atoms with van der Waals surface area (Å²) in [6.07, 6.45) is 1.33. The molecule has 4 amide bonds. The first-order valence-corrected chi connectivity index (χ1v) is 8.66. The van der Waals surface area contributed by atoms with Gasteiger partial charge in [-0.3, -0.25) is 24.1 Å². The van der Waals surface area contributed by atoms with Crippen LogP contribution < -0.4 is 10.6 Å². The average Bonchev–Trinajstić information content (AvgIpc) is 2.83. The van der Waals surface area contributed by atoms with E-state index in [1.165, 1.54) is 38.1 Å². The van der Waals surface area contributed by atoms with E-state index >= 15 is 0 Å². The Morgan fingerprint density at radius 3 is 2.65 bits per heavy atom. The van der Waals surface area contributed by atoms with Crippen molar-refractivity contribution in [2.75, 3.05) is 13.1 Å². The lowest BCUT2D eigenvalue weighted by Gasteiger charge is -2.15. The zero-order valence-corrected chi connectivity index (χ0v) is 15.1. The number of carbonyl (C=O) groups excluding carboxylic acids is 4. The highest BCUT2D eigenvalue weighted by molar-refractivity contribution is 8.18. The number of thioether (sulfide) groups is 1. The molecular formula is C17H18FN3O4S. The Labute approximate surface area is 154 Å². The van der Waals surface area contributed by atoms with Crippen LogP contribution in [0.2, 0.25) is 0 Å². The molecule has 2 N–H and O–H groups in total. The lowest BCUT2D eigenvalue weighted by Crippen LogP contribution is -2.46. The number of carbonyl (C=O) groups is 4. The molecule has 7 nitrogen and oxygen atoms in total. The van der Waals surface area contributed by atoms with E-state index < -0.39 is 28.9 Å². The minimum atomic E-state index is -0.719. The van der Waals surface area contributed by atoms with Gasteiger partial charge in [0, 0.05) is 25.6 Å². The third-order valence-electron chi connectivity index (χ3n) is 3.51. The van der Waals surface area contributed by atoms with Crippen molar-refractivity contribution in [3.8, 4) is 0 Å². The van der Waals surface area contributed by atoms with E-state index in [1.54, 1.807) is 6.07 Å². The predicted molar refractivity (Wildman–Crippen MR) is 95.4 cm³/mol. The van der Waals surface area contributed by atoms with Crippen LogP contribution in [0.5, 0.6) is 0 Å². The molecule has 0 bridgehead atoms. The third kappa shape index (κ3) is 4.92. The largest absolute Gasteiger partial charge is 0.353 e. The molecule has 1 unspecified atom stereocenters. The van der Waals surface area contributed by atoms with E-state index in [0.29, 0.717) is 0 Å². The molecule has 1 aliphatic rings. The van der Waals surface area contributed by atoms with Crippen LogP contribution >= 0.6 is 11.8 Å². The van der Waals surface area contributed by atoms with Crippen LogP contribution in [-0.4, -0.2) is 47.0 Å². The summed E-state index contributed by atoms with van der Waals surface area (Å²) in [7, 11) is 0. The lowest BCUT2D eigenvalue weighted by atomic mass is 10.2. The fourth-order valence-electron chi connectivity index (χ4n) is 2.24. The first-order chi connectivity index (χ1) is 12.3. The van der Waals surface area contributed by atoms with Crippen molar-refractivity contribution in [3.63, 3.8) is 0 Å². The average molecular weight is 379 g/mol. The van der Waals surface area contributed by atoms with Gasteiger partial charge in [0.25, 0.3) is 11.1 Å². The highest BCUT2D eigenvalue weighted by Crippen LogP contribution is 2.32. The lowest BCUT2D eigenvalue weighted by molar-refractivity contribution is -0.127. The Morgan fingerprint density at radius 2 is 2.00 bits per heavy atom. The van der Waals surface area contributed by atoms with Crippen LogP contribution in [0.15, 0.2) is 29.2 Å². The summed E-state index contributed by atoms with van der Waals surface area (Å²) in [5.41, 5.74) is 0.218. The molecule has 1 aromatic rings. The van der Waals surface area contributed by atoms with Crippen LogP contribution in [-0.2, 0) is 14.4 Å². The number of nitrogens with zero attached hydrogens (tertiary/aromatic N) is 1. The first-order valence-electron chi connectivity index (χ1n) is 7.84. The third-order valence-corrected chi connectivity index (χ3v) is 4.42. The Bertz CT molecular complexity index is 781. The van der Waals surface area contributed by atoms with E-state index in [1.807, 2.05) is 0 Å². The summed E-state index contributed by atoms with van der Waals surface area (Å²) in [4.78, 5) is 48.1. The van der Waals surface area contributed by atoms with Crippen LogP contribution in [0, 0.1) is 5.82 Å². The highest BCUT2D eigenvalue weighted by Gasteiger charge is 2.34. The molecule has 2 rings (SSSR count). The van der Waals surface area contributed by atoms with Gasteiger partial charge in [-0.2, -0.15) is 0 Å². The van der Waals surface area contributed by atoms with Gasteiger partial charge in [0.2, 0.25) is 11.8 Å². The maximum absolute atomic E-state index is 13.7. The van der Waals surface area contributed by atoms with Gasteiger partial charge in [0.05, 0.1) is 4.91 Å². The van der Waals surface area contributed by atoms with Gasteiger partial charge in [-0.25, -0.2) is 4.39 Å². The normalized spacial score (nSPS) is 16.7. The van der Waals surface area contributed by atoms with Gasteiger partial charge in [0.15, 0.2) is 0 Å². The van der Waals surface area contributed by atoms with E-state index in [-0.39, 0.29) is 29.5 Å². The summed E-state index contributed by atoms with van der Waals surface area (Å²) in [5, 5.41) is 4.49. The van der Waals surface area contributed by atoms with E-state index in [4.69, 9.17) is 0 Å². The summed E-state index contributed by atoms with van der Waals surface area (Å²) >= 11 is 0.721. The van der Waals surface area contributed by atoms with Crippen LogP contribution in [0.25, 0.3) is 6.08 Å². The molecule has 0 saturated carbocycles. The first kappa shape index (κ1) is 19.6. The number of hydrogen-bond acceptors (Lipinski definition) is 5. The molecule has 1 atom stereocenters. The molecule has 138 valence electrons. The Balaban J connectivity index is 1.94. The molecule has 0 aliphatic carbocycles. The molecule has 1 heterocycles. The Hall–Kier alpha value is -2.68. The number of amides is 4. The number of imide groups is 1. The number of hydrogen-bond donors (Lipinski definition) is 2. The Morgan fingerprint density at radius 1 is 1.31 bits per heavy atom. The number of rotatable bonds is 6. The maximum atomic E-state index is 13.7. The van der Waals surface area contributed by atoms with Crippen molar-refractivity contribution in [1.82, 2.24) is 15.5 Å².